The average Bonchev–Trinajstić information content (AvgIpc) is 2.70. The van der Waals surface area contributed by atoms with Crippen molar-refractivity contribution in [3.05, 3.63) is 47.2 Å². The predicted molar refractivity (Wildman–Crippen MR) is 59.5 cm³/mol. The lowest BCUT2D eigenvalue weighted by Gasteiger charge is -2.03. The minimum absolute atomic E-state index is 0.0507. The Balaban J connectivity index is 2.48. The van der Waals surface area contributed by atoms with Crippen LogP contribution in [0.15, 0.2) is 34.7 Å². The third-order valence-electron chi connectivity index (χ3n) is 2.48. The first-order chi connectivity index (χ1) is 7.20. The molecule has 0 atom stereocenters. The molecule has 0 spiro atoms. The first kappa shape index (κ1) is 9.99. The van der Waals surface area contributed by atoms with E-state index in [9.17, 15) is 0 Å². The molecule has 1 aromatic heterocycles. The summed E-state index contributed by atoms with van der Waals surface area (Å²) in [7, 11) is 0. The SMILES string of the molecule is Cc1ccc(C)c(-c2ccc(CO)o2)c1. The molecule has 2 nitrogen and oxygen atoms in total. The van der Waals surface area contributed by atoms with Crippen LogP contribution in [0.3, 0.4) is 0 Å². The maximum atomic E-state index is 8.93. The van der Waals surface area contributed by atoms with Crippen molar-refractivity contribution < 1.29 is 9.52 Å². The molecule has 2 heteroatoms. The van der Waals surface area contributed by atoms with Crippen LogP contribution in [0.25, 0.3) is 11.3 Å². The Labute approximate surface area is 89.2 Å². The molecule has 0 fully saturated rings. The fraction of sp³-hybridized carbons (Fsp3) is 0.231. The van der Waals surface area contributed by atoms with E-state index in [0.29, 0.717) is 5.76 Å². The minimum atomic E-state index is -0.0507. The van der Waals surface area contributed by atoms with Crippen LogP contribution in [0.2, 0.25) is 0 Å². The van der Waals surface area contributed by atoms with Gasteiger partial charge in [0.25, 0.3) is 0 Å². The second kappa shape index (κ2) is 3.91. The normalized spacial score (nSPS) is 10.6. The lowest BCUT2D eigenvalue weighted by molar-refractivity contribution is 0.248. The van der Waals surface area contributed by atoms with E-state index in [1.807, 2.05) is 6.07 Å². The molecule has 1 aromatic carbocycles. The average molecular weight is 202 g/mol. The zero-order valence-electron chi connectivity index (χ0n) is 8.95. The van der Waals surface area contributed by atoms with Gasteiger partial charge in [0.2, 0.25) is 0 Å². The lowest BCUT2D eigenvalue weighted by atomic mass is 10.0. The first-order valence-electron chi connectivity index (χ1n) is 4.98. The molecule has 0 aliphatic heterocycles. The molecule has 78 valence electrons. The Kier molecular flexibility index (Phi) is 2.60. The van der Waals surface area contributed by atoms with Crippen molar-refractivity contribution >= 4 is 0 Å². The summed E-state index contributed by atoms with van der Waals surface area (Å²) < 4.78 is 5.50. The Morgan fingerprint density at radius 1 is 1.13 bits per heavy atom. The minimum Gasteiger partial charge on any atom is -0.459 e. The number of furan rings is 1. The standard InChI is InChI=1S/C13H14O2/c1-9-3-4-10(2)12(7-9)13-6-5-11(8-14)15-13/h3-7,14H,8H2,1-2H3. The van der Waals surface area contributed by atoms with E-state index in [1.54, 1.807) is 6.07 Å². The molecular formula is C13H14O2. The van der Waals surface area contributed by atoms with E-state index < -0.39 is 0 Å². The van der Waals surface area contributed by atoms with Gasteiger partial charge in [0.15, 0.2) is 0 Å². The number of benzene rings is 1. The fourth-order valence-electron chi connectivity index (χ4n) is 1.61. The molecule has 2 aromatic rings. The summed E-state index contributed by atoms with van der Waals surface area (Å²) in [6, 6.07) is 9.94. The molecular weight excluding hydrogens is 188 g/mol. The van der Waals surface area contributed by atoms with E-state index in [4.69, 9.17) is 9.52 Å². The van der Waals surface area contributed by atoms with Crippen LogP contribution in [0, 0.1) is 13.8 Å². The molecule has 0 saturated heterocycles. The van der Waals surface area contributed by atoms with E-state index in [2.05, 4.69) is 32.0 Å². The molecule has 2 rings (SSSR count). The summed E-state index contributed by atoms with van der Waals surface area (Å²) in [4.78, 5) is 0. The second-order valence-corrected chi connectivity index (χ2v) is 3.74. The summed E-state index contributed by atoms with van der Waals surface area (Å²) in [5, 5.41) is 8.93. The lowest BCUT2D eigenvalue weighted by Crippen LogP contribution is -1.82. The van der Waals surface area contributed by atoms with Crippen molar-refractivity contribution in [3.8, 4) is 11.3 Å². The molecule has 1 N–H and O–H groups in total. The molecule has 15 heavy (non-hydrogen) atoms. The Hall–Kier alpha value is -1.54. The Bertz CT molecular complexity index is 469. The molecule has 0 bridgehead atoms. The number of aliphatic hydroxyl groups is 1. The highest BCUT2D eigenvalue weighted by atomic mass is 16.4. The topological polar surface area (TPSA) is 33.4 Å². The van der Waals surface area contributed by atoms with Crippen LogP contribution in [0.1, 0.15) is 16.9 Å². The summed E-state index contributed by atoms with van der Waals surface area (Å²) in [6.07, 6.45) is 0. The van der Waals surface area contributed by atoms with Crippen LogP contribution >= 0.6 is 0 Å². The fourth-order valence-corrected chi connectivity index (χ4v) is 1.61. The van der Waals surface area contributed by atoms with Crippen molar-refractivity contribution in [1.29, 1.82) is 0 Å². The Morgan fingerprint density at radius 2 is 1.93 bits per heavy atom. The van der Waals surface area contributed by atoms with Gasteiger partial charge in [0.1, 0.15) is 18.1 Å². The highest BCUT2D eigenvalue weighted by molar-refractivity contribution is 5.63. The van der Waals surface area contributed by atoms with Gasteiger partial charge in [-0.3, -0.25) is 0 Å². The quantitative estimate of drug-likeness (QED) is 0.811. The highest BCUT2D eigenvalue weighted by Gasteiger charge is 2.06. The first-order valence-corrected chi connectivity index (χ1v) is 4.98. The summed E-state index contributed by atoms with van der Waals surface area (Å²) >= 11 is 0. The molecule has 0 aliphatic rings. The van der Waals surface area contributed by atoms with Gasteiger partial charge in [-0.15, -0.1) is 0 Å². The smallest absolute Gasteiger partial charge is 0.134 e. The van der Waals surface area contributed by atoms with Gasteiger partial charge in [-0.1, -0.05) is 17.7 Å². The zero-order chi connectivity index (χ0) is 10.8. The molecule has 0 radical (unpaired) electrons. The van der Waals surface area contributed by atoms with Gasteiger partial charge in [0, 0.05) is 5.56 Å². The molecule has 0 saturated carbocycles. The van der Waals surface area contributed by atoms with Gasteiger partial charge in [-0.25, -0.2) is 0 Å². The van der Waals surface area contributed by atoms with Crippen molar-refractivity contribution in [3.63, 3.8) is 0 Å². The summed E-state index contributed by atoms with van der Waals surface area (Å²) in [5.41, 5.74) is 3.48. The van der Waals surface area contributed by atoms with Crippen molar-refractivity contribution in [2.24, 2.45) is 0 Å². The Morgan fingerprint density at radius 3 is 2.60 bits per heavy atom. The van der Waals surface area contributed by atoms with Gasteiger partial charge in [0.05, 0.1) is 0 Å². The third kappa shape index (κ3) is 1.95. The van der Waals surface area contributed by atoms with Crippen LogP contribution in [0.5, 0.6) is 0 Å². The van der Waals surface area contributed by atoms with Gasteiger partial charge >= 0.3 is 0 Å². The van der Waals surface area contributed by atoms with E-state index in [-0.39, 0.29) is 6.61 Å². The van der Waals surface area contributed by atoms with Crippen LogP contribution < -0.4 is 0 Å². The number of aliphatic hydroxyl groups excluding tert-OH is 1. The van der Waals surface area contributed by atoms with Crippen molar-refractivity contribution in [2.75, 3.05) is 0 Å². The zero-order valence-corrected chi connectivity index (χ0v) is 8.95. The molecule has 0 amide bonds. The number of hydrogen-bond acceptors (Lipinski definition) is 2. The number of hydrogen-bond donors (Lipinski definition) is 1. The van der Waals surface area contributed by atoms with Gasteiger partial charge < -0.3 is 9.52 Å². The van der Waals surface area contributed by atoms with Crippen LogP contribution in [-0.4, -0.2) is 5.11 Å². The second-order valence-electron chi connectivity index (χ2n) is 3.74. The van der Waals surface area contributed by atoms with Gasteiger partial charge in [-0.05, 0) is 37.6 Å². The third-order valence-corrected chi connectivity index (χ3v) is 2.48. The maximum absolute atomic E-state index is 8.93. The molecule has 0 unspecified atom stereocenters. The van der Waals surface area contributed by atoms with Crippen LogP contribution in [-0.2, 0) is 6.61 Å². The van der Waals surface area contributed by atoms with Crippen molar-refractivity contribution in [2.45, 2.75) is 20.5 Å². The summed E-state index contributed by atoms with van der Waals surface area (Å²) in [5.74, 6) is 1.42. The van der Waals surface area contributed by atoms with E-state index in [1.165, 1.54) is 11.1 Å². The highest BCUT2D eigenvalue weighted by Crippen LogP contribution is 2.26. The largest absolute Gasteiger partial charge is 0.459 e. The van der Waals surface area contributed by atoms with Crippen molar-refractivity contribution in [1.82, 2.24) is 0 Å². The molecule has 0 aliphatic carbocycles. The van der Waals surface area contributed by atoms with Gasteiger partial charge in [-0.2, -0.15) is 0 Å². The number of rotatable bonds is 2. The van der Waals surface area contributed by atoms with E-state index >= 15 is 0 Å². The monoisotopic (exact) mass is 202 g/mol. The number of aryl methyl sites for hydroxylation is 2. The summed E-state index contributed by atoms with van der Waals surface area (Å²) in [6.45, 7) is 4.06. The van der Waals surface area contributed by atoms with E-state index in [0.717, 1.165) is 11.3 Å². The molecule has 1 heterocycles. The maximum Gasteiger partial charge on any atom is 0.134 e. The predicted octanol–water partition coefficient (Wildman–Crippen LogP) is 3.06. The van der Waals surface area contributed by atoms with Crippen LogP contribution in [0.4, 0.5) is 0 Å².